The number of H-pyrrole nitrogens is 1. The van der Waals surface area contributed by atoms with Crippen LogP contribution < -0.4 is 5.32 Å². The van der Waals surface area contributed by atoms with Gasteiger partial charge in [0.1, 0.15) is 17.9 Å². The summed E-state index contributed by atoms with van der Waals surface area (Å²) < 4.78 is 21.0. The molecule has 1 aromatic heterocycles. The predicted octanol–water partition coefficient (Wildman–Crippen LogP) is 5.18. The highest BCUT2D eigenvalue weighted by Crippen LogP contribution is 2.32. The van der Waals surface area contributed by atoms with E-state index in [-0.39, 0.29) is 23.4 Å². The number of aromatic carboxylic acids is 1. The minimum atomic E-state index is -1.27. The number of carboxylic acids is 1. The van der Waals surface area contributed by atoms with E-state index in [4.69, 9.17) is 10.00 Å². The first-order chi connectivity index (χ1) is 14.6. The number of halogens is 1. The quantitative estimate of drug-likeness (QED) is 0.329. The number of nitriles is 1. The van der Waals surface area contributed by atoms with E-state index < -0.39 is 19.9 Å². The number of fused-ring (bicyclic) bond motifs is 1. The van der Waals surface area contributed by atoms with Crippen LogP contribution in [0.4, 0.5) is 15.8 Å². The summed E-state index contributed by atoms with van der Waals surface area (Å²) in [5.41, 5.74) is 1.60. The number of aromatic amines is 1. The normalized spacial score (nSPS) is 11.5. The van der Waals surface area contributed by atoms with Gasteiger partial charge in [-0.3, -0.25) is 0 Å². The summed E-state index contributed by atoms with van der Waals surface area (Å²) in [6.07, 6.45) is 0. The summed E-state index contributed by atoms with van der Waals surface area (Å²) >= 11 is 0. The van der Waals surface area contributed by atoms with Crippen LogP contribution in [0.15, 0.2) is 24.3 Å². The Balaban J connectivity index is 1.92. The van der Waals surface area contributed by atoms with Gasteiger partial charge in [-0.15, -0.1) is 0 Å². The number of imidazole rings is 1. The summed E-state index contributed by atoms with van der Waals surface area (Å²) in [7, 11) is -1.22. The summed E-state index contributed by atoms with van der Waals surface area (Å²) in [5.74, 6) is -1.59. The molecule has 31 heavy (non-hydrogen) atoms. The maximum Gasteiger partial charge on any atom is 0.338 e. The van der Waals surface area contributed by atoms with Crippen molar-refractivity contribution in [2.45, 2.75) is 39.2 Å². The fraction of sp³-hybridized carbons (Fsp3) is 0.318. The molecule has 7 nitrogen and oxygen atoms in total. The van der Waals surface area contributed by atoms with Crippen molar-refractivity contribution < 1.29 is 19.0 Å². The first-order valence-corrected chi connectivity index (χ1v) is 13.6. The van der Waals surface area contributed by atoms with E-state index in [1.165, 1.54) is 6.07 Å². The average Bonchev–Trinajstić information content (AvgIpc) is 3.11. The Hall–Kier alpha value is -3.22. The molecule has 0 aliphatic carbocycles. The van der Waals surface area contributed by atoms with Crippen molar-refractivity contribution in [2.24, 2.45) is 0 Å². The van der Waals surface area contributed by atoms with E-state index in [1.54, 1.807) is 25.1 Å². The van der Waals surface area contributed by atoms with Gasteiger partial charge < -0.3 is 20.1 Å². The third-order valence-electron chi connectivity index (χ3n) is 4.85. The number of carboxylic acid groups (broad SMARTS) is 1. The number of aryl methyl sites for hydroxylation is 1. The van der Waals surface area contributed by atoms with Gasteiger partial charge in [0.2, 0.25) is 0 Å². The highest BCUT2D eigenvalue weighted by atomic mass is 28.3. The summed E-state index contributed by atoms with van der Waals surface area (Å²) in [4.78, 5) is 19.0. The lowest BCUT2D eigenvalue weighted by Crippen LogP contribution is -2.21. The van der Waals surface area contributed by atoms with Gasteiger partial charge in [0.15, 0.2) is 5.82 Å². The highest BCUT2D eigenvalue weighted by Gasteiger charge is 2.22. The Bertz CT molecular complexity index is 1180. The van der Waals surface area contributed by atoms with Crippen LogP contribution in [0.3, 0.4) is 0 Å². The number of aromatic nitrogens is 2. The van der Waals surface area contributed by atoms with Crippen LogP contribution in [0.25, 0.3) is 11.0 Å². The van der Waals surface area contributed by atoms with Gasteiger partial charge in [-0.2, -0.15) is 5.26 Å². The highest BCUT2D eigenvalue weighted by molar-refractivity contribution is 6.76. The first kappa shape index (κ1) is 22.5. The fourth-order valence-corrected chi connectivity index (χ4v) is 3.83. The second-order valence-electron chi connectivity index (χ2n) is 8.63. The smallest absolute Gasteiger partial charge is 0.338 e. The molecule has 0 amide bonds. The van der Waals surface area contributed by atoms with Crippen molar-refractivity contribution in [2.75, 3.05) is 11.9 Å². The molecular formula is C22H25FN4O3Si. The molecule has 0 atom stereocenters. The largest absolute Gasteiger partial charge is 0.478 e. The number of hydrogen-bond acceptors (Lipinski definition) is 5. The van der Waals surface area contributed by atoms with Crippen LogP contribution in [0.2, 0.25) is 25.7 Å². The zero-order chi connectivity index (χ0) is 22.8. The fourth-order valence-electron chi connectivity index (χ4n) is 3.08. The molecule has 0 saturated heterocycles. The predicted molar refractivity (Wildman–Crippen MR) is 120 cm³/mol. The van der Waals surface area contributed by atoms with E-state index >= 15 is 4.39 Å². The Kier molecular flexibility index (Phi) is 6.43. The van der Waals surface area contributed by atoms with Crippen LogP contribution in [-0.4, -0.2) is 35.7 Å². The molecule has 3 rings (SSSR count). The second-order valence-corrected chi connectivity index (χ2v) is 14.2. The second kappa shape index (κ2) is 8.87. The zero-order valence-corrected chi connectivity index (χ0v) is 19.0. The van der Waals surface area contributed by atoms with E-state index in [9.17, 15) is 9.90 Å². The van der Waals surface area contributed by atoms with Crippen molar-refractivity contribution in [1.29, 1.82) is 5.26 Å². The molecule has 0 bridgehead atoms. The summed E-state index contributed by atoms with van der Waals surface area (Å²) in [6.45, 7) is 9.31. The lowest BCUT2D eigenvalue weighted by atomic mass is 10.1. The number of anilines is 2. The van der Waals surface area contributed by atoms with Crippen LogP contribution in [-0.2, 0) is 11.3 Å². The molecule has 0 saturated carbocycles. The standard InChI is InChI=1S/C22H25FN4O3Si/c1-13-9-14(11-24)5-6-16(13)26-20-15(22(28)29)10-17-21(19(20)23)27-18(25-17)12-30-7-8-31(2,3)4/h5-6,9-10,26H,7-8,12H2,1-4H3,(H,25,27)(H,28,29). The van der Waals surface area contributed by atoms with Crippen LogP contribution in [0.5, 0.6) is 0 Å². The van der Waals surface area contributed by atoms with Crippen molar-refractivity contribution >= 4 is 36.5 Å². The lowest BCUT2D eigenvalue weighted by Gasteiger charge is -2.14. The number of hydrogen-bond donors (Lipinski definition) is 3. The lowest BCUT2D eigenvalue weighted by molar-refractivity contribution is 0.0697. The minimum Gasteiger partial charge on any atom is -0.478 e. The number of ether oxygens (including phenoxy) is 1. The molecule has 162 valence electrons. The number of carbonyl (C=O) groups is 1. The molecule has 0 aliphatic rings. The number of rotatable bonds is 8. The number of benzene rings is 2. The van der Waals surface area contributed by atoms with Crippen molar-refractivity contribution in [3.8, 4) is 6.07 Å². The Morgan fingerprint density at radius 2 is 2.10 bits per heavy atom. The third-order valence-corrected chi connectivity index (χ3v) is 6.55. The average molecular weight is 441 g/mol. The van der Waals surface area contributed by atoms with E-state index in [0.29, 0.717) is 34.8 Å². The minimum absolute atomic E-state index is 0.0441. The van der Waals surface area contributed by atoms with Crippen LogP contribution in [0.1, 0.15) is 27.3 Å². The Morgan fingerprint density at radius 3 is 2.71 bits per heavy atom. The van der Waals surface area contributed by atoms with Crippen LogP contribution in [0, 0.1) is 24.1 Å². The van der Waals surface area contributed by atoms with Gasteiger partial charge in [0.05, 0.1) is 28.4 Å². The van der Waals surface area contributed by atoms with E-state index in [1.807, 2.05) is 6.07 Å². The molecule has 0 unspecified atom stereocenters. The monoisotopic (exact) mass is 440 g/mol. The molecule has 0 radical (unpaired) electrons. The molecule has 9 heteroatoms. The third kappa shape index (κ3) is 5.28. The maximum absolute atomic E-state index is 15.3. The SMILES string of the molecule is Cc1cc(C#N)ccc1Nc1c(C(=O)O)cc2[nH]c(COCC[Si](C)(C)C)nc2c1F. The van der Waals surface area contributed by atoms with Crippen molar-refractivity contribution in [1.82, 2.24) is 9.97 Å². The molecule has 0 fully saturated rings. The van der Waals surface area contributed by atoms with Gasteiger partial charge in [-0.1, -0.05) is 19.6 Å². The van der Waals surface area contributed by atoms with Gasteiger partial charge in [-0.25, -0.2) is 14.2 Å². The molecule has 1 heterocycles. The Morgan fingerprint density at radius 1 is 1.35 bits per heavy atom. The van der Waals surface area contributed by atoms with Gasteiger partial charge in [0, 0.05) is 20.4 Å². The summed E-state index contributed by atoms with van der Waals surface area (Å²) in [6, 6.07) is 9.24. The number of nitrogens with one attached hydrogen (secondary N) is 2. The van der Waals surface area contributed by atoms with E-state index in [2.05, 4.69) is 34.9 Å². The maximum atomic E-state index is 15.3. The molecule has 2 aromatic carbocycles. The Labute approximate surface area is 180 Å². The topological polar surface area (TPSA) is 111 Å². The van der Waals surface area contributed by atoms with Gasteiger partial charge in [-0.05, 0) is 42.8 Å². The van der Waals surface area contributed by atoms with Gasteiger partial charge in [0.25, 0.3) is 0 Å². The zero-order valence-electron chi connectivity index (χ0n) is 18.0. The van der Waals surface area contributed by atoms with Crippen molar-refractivity contribution in [3.05, 3.63) is 52.6 Å². The molecule has 0 aliphatic heterocycles. The molecule has 0 spiro atoms. The van der Waals surface area contributed by atoms with Gasteiger partial charge >= 0.3 is 5.97 Å². The van der Waals surface area contributed by atoms with E-state index in [0.717, 1.165) is 6.04 Å². The number of nitrogens with zero attached hydrogens (tertiary/aromatic N) is 2. The van der Waals surface area contributed by atoms with Crippen LogP contribution >= 0.6 is 0 Å². The molecular weight excluding hydrogens is 415 g/mol. The van der Waals surface area contributed by atoms with Crippen molar-refractivity contribution in [3.63, 3.8) is 0 Å². The molecule has 3 N–H and O–H groups in total. The summed E-state index contributed by atoms with van der Waals surface area (Å²) in [5, 5.41) is 21.5. The first-order valence-electron chi connectivity index (χ1n) is 9.89. The molecule has 3 aromatic rings.